The summed E-state index contributed by atoms with van der Waals surface area (Å²) in [5.41, 5.74) is 4.69. The number of methoxy groups -OCH3 is 2. The SMILES string of the molecule is CN[C@@H](C)C(=O)NC1CN(C(=O)c2ccc(CN3CC(NC=O)C(=O)N(Cc4c(OC)ccc5cc(Br)ccc45)c4ccc(C#N)cc43)cc2)c2cc(C#N)ccc2N(Cc2c(OC)ccc3cc(Br)ccc23)C1=O. The van der Waals surface area contributed by atoms with E-state index in [9.17, 15) is 24.9 Å². The molecule has 3 atom stereocenters. The monoisotopic (exact) mass is 1130 g/mol. The lowest BCUT2D eigenvalue weighted by Gasteiger charge is -2.28. The van der Waals surface area contributed by atoms with Crippen molar-refractivity contribution in [2.24, 2.45) is 0 Å². The van der Waals surface area contributed by atoms with Gasteiger partial charge in [0.25, 0.3) is 17.7 Å². The van der Waals surface area contributed by atoms with Crippen molar-refractivity contribution >= 4 is 106 Å². The first-order valence-electron chi connectivity index (χ1n) is 23.8. The van der Waals surface area contributed by atoms with Crippen molar-refractivity contribution in [2.75, 3.05) is 54.0 Å². The fourth-order valence-corrected chi connectivity index (χ4v) is 10.5. The Balaban J connectivity index is 1.08. The third kappa shape index (κ3) is 10.3. The van der Waals surface area contributed by atoms with Gasteiger partial charge in [0.05, 0.1) is 85.9 Å². The number of halogens is 2. The van der Waals surface area contributed by atoms with E-state index < -0.39 is 35.8 Å². The molecule has 2 aliphatic rings. The highest BCUT2D eigenvalue weighted by Gasteiger charge is 2.39. The van der Waals surface area contributed by atoms with Crippen LogP contribution in [0.5, 0.6) is 11.5 Å². The predicted molar refractivity (Wildman–Crippen MR) is 294 cm³/mol. The second-order valence-electron chi connectivity index (χ2n) is 18.1. The lowest BCUT2D eigenvalue weighted by Crippen LogP contribution is -2.55. The number of carbonyl (C=O) groups is 5. The van der Waals surface area contributed by atoms with E-state index in [1.165, 1.54) is 9.80 Å². The van der Waals surface area contributed by atoms with E-state index in [0.717, 1.165) is 41.6 Å². The van der Waals surface area contributed by atoms with Crippen LogP contribution in [0.1, 0.15) is 45.1 Å². The van der Waals surface area contributed by atoms with Crippen LogP contribution in [0.2, 0.25) is 0 Å². The number of hydrogen-bond donors (Lipinski definition) is 3. The molecule has 378 valence electrons. The Morgan fingerprint density at radius 2 is 1.21 bits per heavy atom. The highest BCUT2D eigenvalue weighted by atomic mass is 79.9. The molecule has 18 heteroatoms. The Morgan fingerprint density at radius 1 is 0.680 bits per heavy atom. The second kappa shape index (κ2) is 22.0. The Bertz CT molecular complexity index is 3520. The zero-order chi connectivity index (χ0) is 53.1. The summed E-state index contributed by atoms with van der Waals surface area (Å²) in [5, 5.41) is 32.3. The third-order valence-corrected chi connectivity index (χ3v) is 14.7. The molecule has 0 aliphatic carbocycles. The first-order chi connectivity index (χ1) is 36.3. The van der Waals surface area contributed by atoms with Gasteiger partial charge in [0.15, 0.2) is 0 Å². The molecule has 3 N–H and O–H groups in total. The standard InChI is InChI=1S/C57H49Br2N9O7/c1-33(62-2)54(70)64-47-31-68(51-22-36(26-61)8-18-49(51)67(57(47)73)29-45-43-16-14-41(59)24-39(43)12-20-53(45)75-4)55(71)37-9-5-34(6-10-37)27-65-30-46(63-32-69)56(72)66(48-17-7-35(25-60)21-50(48)65)28-44-42-15-13-40(58)23-38(42)11-19-52(44)74-3/h5-24,32-33,46-47,62H,27-31H2,1-4H3,(H,63,69)(H,64,70)/t33-,46?,47?/m0/s1. The average molecular weight is 1130 g/mol. The molecule has 75 heavy (non-hydrogen) atoms. The van der Waals surface area contributed by atoms with E-state index in [2.05, 4.69) is 59.9 Å². The maximum Gasteiger partial charge on any atom is 0.258 e. The predicted octanol–water partition coefficient (Wildman–Crippen LogP) is 8.23. The number of carbonyl (C=O) groups excluding carboxylic acids is 5. The molecular weight excluding hydrogens is 1080 g/mol. The van der Waals surface area contributed by atoms with Crippen LogP contribution in [0.25, 0.3) is 21.5 Å². The molecule has 9 rings (SSSR count). The molecule has 0 aromatic heterocycles. The van der Waals surface area contributed by atoms with E-state index in [-0.39, 0.29) is 55.4 Å². The molecule has 0 spiro atoms. The molecule has 5 amide bonds. The van der Waals surface area contributed by atoms with Crippen LogP contribution < -0.4 is 45.0 Å². The zero-order valence-corrected chi connectivity index (χ0v) is 44.4. The quantitative estimate of drug-likeness (QED) is 0.0887. The third-order valence-electron chi connectivity index (χ3n) is 13.7. The van der Waals surface area contributed by atoms with Gasteiger partial charge < -0.3 is 45.0 Å². The average Bonchev–Trinajstić information content (AvgIpc) is 3.60. The summed E-state index contributed by atoms with van der Waals surface area (Å²) in [6, 6.07) is 37.4. The van der Waals surface area contributed by atoms with Gasteiger partial charge >= 0.3 is 0 Å². The minimum atomic E-state index is -1.23. The van der Waals surface area contributed by atoms with Crippen LogP contribution in [-0.4, -0.2) is 82.5 Å². The number of ether oxygens (including phenoxy) is 2. The summed E-state index contributed by atoms with van der Waals surface area (Å²) in [5.74, 6) is -0.730. The summed E-state index contributed by atoms with van der Waals surface area (Å²) in [7, 11) is 4.75. The van der Waals surface area contributed by atoms with Crippen LogP contribution in [0, 0.1) is 22.7 Å². The number of nitriles is 2. The molecule has 2 aliphatic heterocycles. The van der Waals surface area contributed by atoms with Crippen LogP contribution >= 0.6 is 31.9 Å². The van der Waals surface area contributed by atoms with E-state index in [1.807, 2.05) is 65.6 Å². The van der Waals surface area contributed by atoms with Crippen molar-refractivity contribution in [1.29, 1.82) is 10.5 Å². The molecule has 2 unspecified atom stereocenters. The van der Waals surface area contributed by atoms with Crippen molar-refractivity contribution in [3.63, 3.8) is 0 Å². The summed E-state index contributed by atoms with van der Waals surface area (Å²) in [6.07, 6.45) is 0.496. The number of fused-ring (bicyclic) bond motifs is 4. The van der Waals surface area contributed by atoms with Gasteiger partial charge in [-0.15, -0.1) is 0 Å². The van der Waals surface area contributed by atoms with Gasteiger partial charge in [-0.3, -0.25) is 24.0 Å². The maximum atomic E-state index is 15.1. The van der Waals surface area contributed by atoms with Gasteiger partial charge in [0.2, 0.25) is 12.3 Å². The summed E-state index contributed by atoms with van der Waals surface area (Å²) in [6.45, 7) is 1.68. The van der Waals surface area contributed by atoms with Gasteiger partial charge in [-0.2, -0.15) is 10.5 Å². The number of nitrogens with zero attached hydrogens (tertiary/aromatic N) is 6. The molecule has 0 bridgehead atoms. The van der Waals surface area contributed by atoms with Gasteiger partial charge in [-0.25, -0.2) is 0 Å². The maximum absolute atomic E-state index is 15.1. The van der Waals surface area contributed by atoms with Gasteiger partial charge in [-0.05, 0) is 126 Å². The summed E-state index contributed by atoms with van der Waals surface area (Å²) < 4.78 is 13.4. The molecule has 7 aromatic carbocycles. The lowest BCUT2D eigenvalue weighted by molar-refractivity contribution is -0.128. The van der Waals surface area contributed by atoms with Crippen LogP contribution in [-0.2, 0) is 38.8 Å². The first-order valence-corrected chi connectivity index (χ1v) is 25.4. The number of benzene rings is 7. The number of likely N-dealkylation sites (N-methyl/N-ethyl adjacent to an activating group) is 1. The molecule has 0 saturated carbocycles. The van der Waals surface area contributed by atoms with E-state index in [0.29, 0.717) is 46.1 Å². The first kappa shape index (κ1) is 51.6. The minimum Gasteiger partial charge on any atom is -0.496 e. The molecule has 0 saturated heterocycles. The van der Waals surface area contributed by atoms with E-state index >= 15 is 9.59 Å². The van der Waals surface area contributed by atoms with Crippen LogP contribution in [0.4, 0.5) is 22.7 Å². The van der Waals surface area contributed by atoms with Gasteiger partial charge in [-0.1, -0.05) is 68.3 Å². The Hall–Kier alpha value is -8.29. The summed E-state index contributed by atoms with van der Waals surface area (Å²) >= 11 is 7.12. The largest absolute Gasteiger partial charge is 0.496 e. The highest BCUT2D eigenvalue weighted by Crippen LogP contribution is 2.41. The molecule has 0 radical (unpaired) electrons. The van der Waals surface area contributed by atoms with E-state index in [1.54, 1.807) is 93.8 Å². The van der Waals surface area contributed by atoms with Crippen molar-refractivity contribution in [1.82, 2.24) is 16.0 Å². The topological polar surface area (TPSA) is 200 Å². The zero-order valence-electron chi connectivity index (χ0n) is 41.2. The van der Waals surface area contributed by atoms with Crippen LogP contribution in [0.3, 0.4) is 0 Å². The fraction of sp³-hybridized carbons (Fsp3) is 0.211. The fourth-order valence-electron chi connectivity index (χ4n) is 9.73. The molecule has 0 fully saturated rings. The summed E-state index contributed by atoms with van der Waals surface area (Å²) in [4.78, 5) is 77.0. The molecule has 2 heterocycles. The van der Waals surface area contributed by atoms with Gasteiger partial charge in [0.1, 0.15) is 23.6 Å². The molecular formula is C57H49Br2N9O7. The van der Waals surface area contributed by atoms with Crippen LogP contribution in [0.15, 0.2) is 130 Å². The number of rotatable bonds is 14. The number of nitrogens with one attached hydrogen (secondary N) is 3. The van der Waals surface area contributed by atoms with E-state index in [4.69, 9.17) is 9.47 Å². The molecule has 7 aromatic rings. The van der Waals surface area contributed by atoms with Crippen molar-refractivity contribution in [3.8, 4) is 23.6 Å². The van der Waals surface area contributed by atoms with Crippen molar-refractivity contribution < 1.29 is 33.4 Å². The van der Waals surface area contributed by atoms with Crippen molar-refractivity contribution in [3.05, 3.63) is 164 Å². The number of anilines is 4. The second-order valence-corrected chi connectivity index (χ2v) is 19.9. The Labute approximate surface area is 449 Å². The van der Waals surface area contributed by atoms with Gasteiger partial charge in [0, 0.05) is 38.7 Å². The normalized spacial score (nSPS) is 15.7. The number of amides is 5. The highest BCUT2D eigenvalue weighted by molar-refractivity contribution is 9.10. The van der Waals surface area contributed by atoms with Crippen molar-refractivity contribution in [2.45, 2.75) is 44.7 Å². The Morgan fingerprint density at radius 3 is 1.73 bits per heavy atom. The Kier molecular flexibility index (Phi) is 15.2. The molecule has 16 nitrogen and oxygen atoms in total. The minimum absolute atomic E-state index is 0.0118. The smallest absolute Gasteiger partial charge is 0.258 e. The number of hydrogen-bond acceptors (Lipinski definition) is 11. The lowest BCUT2D eigenvalue weighted by atomic mass is 10.0.